The highest BCUT2D eigenvalue weighted by Crippen LogP contribution is 2.35. The van der Waals surface area contributed by atoms with E-state index in [0.29, 0.717) is 40.0 Å². The number of nitrogens with zero attached hydrogens (tertiary/aromatic N) is 3. The zero-order valence-electron chi connectivity index (χ0n) is 18.4. The van der Waals surface area contributed by atoms with E-state index in [4.69, 9.17) is 0 Å². The van der Waals surface area contributed by atoms with Crippen molar-refractivity contribution >= 4 is 33.4 Å². The van der Waals surface area contributed by atoms with E-state index in [0.717, 1.165) is 0 Å². The Balaban J connectivity index is 1.73. The Kier molecular flexibility index (Phi) is 5.34. The third-order valence-electron chi connectivity index (χ3n) is 6.14. The first kappa shape index (κ1) is 22.1. The summed E-state index contributed by atoms with van der Waals surface area (Å²) < 4.78 is 42.0. The highest BCUT2D eigenvalue weighted by molar-refractivity contribution is 6.04. The van der Waals surface area contributed by atoms with Crippen molar-refractivity contribution in [1.82, 2.24) is 15.0 Å². The molecule has 1 saturated heterocycles. The van der Waals surface area contributed by atoms with Crippen LogP contribution in [0.25, 0.3) is 33.1 Å². The lowest BCUT2D eigenvalue weighted by Gasteiger charge is -2.25. The molecule has 6 nitrogen and oxygen atoms in total. The number of aromatic nitrogens is 3. The van der Waals surface area contributed by atoms with E-state index < -0.39 is 17.2 Å². The summed E-state index contributed by atoms with van der Waals surface area (Å²) in [6.07, 6.45) is 1.21. The minimum absolute atomic E-state index is 0.0685. The number of fused-ring (bicyclic) bond motifs is 2. The van der Waals surface area contributed by atoms with Gasteiger partial charge in [0.25, 0.3) is 0 Å². The molecule has 1 N–H and O–H groups in total. The van der Waals surface area contributed by atoms with Crippen molar-refractivity contribution in [1.29, 1.82) is 0 Å². The molecule has 0 aliphatic carbocycles. The quantitative estimate of drug-likeness (QED) is 0.425. The second-order valence-corrected chi connectivity index (χ2v) is 8.58. The molecule has 0 saturated carbocycles. The van der Waals surface area contributed by atoms with Crippen molar-refractivity contribution in [2.75, 3.05) is 18.0 Å². The lowest BCUT2D eigenvalue weighted by molar-refractivity contribution is -0.0102. The first-order chi connectivity index (χ1) is 16.2. The number of carbonyl (C=O) groups excluding carboxylic acids is 1. The number of aromatic amines is 1. The fourth-order valence-corrected chi connectivity index (χ4v) is 4.46. The van der Waals surface area contributed by atoms with Gasteiger partial charge in [0.05, 0.1) is 22.1 Å². The Bertz CT molecular complexity index is 1500. The van der Waals surface area contributed by atoms with Crippen LogP contribution in [-0.2, 0) is 0 Å². The summed E-state index contributed by atoms with van der Waals surface area (Å²) >= 11 is 0. The predicted molar refractivity (Wildman–Crippen MR) is 124 cm³/mol. The van der Waals surface area contributed by atoms with Crippen molar-refractivity contribution < 1.29 is 18.0 Å². The van der Waals surface area contributed by atoms with Crippen LogP contribution in [0.5, 0.6) is 0 Å². The van der Waals surface area contributed by atoms with Crippen LogP contribution >= 0.6 is 0 Å². The van der Waals surface area contributed by atoms with E-state index in [9.17, 15) is 22.8 Å². The van der Waals surface area contributed by atoms with Crippen LogP contribution < -0.4 is 10.3 Å². The molecule has 0 bridgehead atoms. The van der Waals surface area contributed by atoms with Crippen LogP contribution in [0.15, 0.2) is 47.4 Å². The zero-order valence-corrected chi connectivity index (χ0v) is 18.4. The third kappa shape index (κ3) is 4.02. The van der Waals surface area contributed by atoms with Gasteiger partial charge in [-0.05, 0) is 36.8 Å². The van der Waals surface area contributed by atoms with Gasteiger partial charge >= 0.3 is 0 Å². The van der Waals surface area contributed by atoms with Crippen molar-refractivity contribution in [2.24, 2.45) is 0 Å². The number of hydrogen-bond donors (Lipinski definition) is 1. The van der Waals surface area contributed by atoms with Crippen molar-refractivity contribution in [3.8, 4) is 11.3 Å². The van der Waals surface area contributed by atoms with Gasteiger partial charge in [-0.2, -0.15) is 0 Å². The standard InChI is InChI=1S/C25H21F3N4O2/c1-14(33)23-22-19(5-8-29-23)30-20(13-21(22)34)17-12-15-11-16(26)3-4-18(15)31-24(17)32-9-2-6-25(27,28)7-10-32/h3-5,8,11-13H,2,6-7,9-10H2,1H3,(H,30,34). The SMILES string of the molecule is CC(=O)c1nccc2[nH]c(-c3cc4cc(F)ccc4nc3N3CCCC(F)(F)CC3)cc(=O)c12. The molecule has 1 aromatic carbocycles. The van der Waals surface area contributed by atoms with E-state index in [1.807, 2.05) is 0 Å². The number of nitrogens with one attached hydrogen (secondary N) is 1. The van der Waals surface area contributed by atoms with Gasteiger partial charge in [0.1, 0.15) is 17.3 Å². The molecule has 1 aliphatic rings. The molecule has 0 spiro atoms. The Morgan fingerprint density at radius 2 is 1.94 bits per heavy atom. The summed E-state index contributed by atoms with van der Waals surface area (Å²) in [6, 6.07) is 8.81. The Hall–Kier alpha value is -3.75. The molecule has 4 heterocycles. The number of ketones is 1. The van der Waals surface area contributed by atoms with Crippen molar-refractivity contribution in [3.05, 3.63) is 64.3 Å². The summed E-state index contributed by atoms with van der Waals surface area (Å²) in [7, 11) is 0. The Morgan fingerprint density at radius 3 is 2.74 bits per heavy atom. The number of hydrogen-bond acceptors (Lipinski definition) is 5. The summed E-state index contributed by atoms with van der Waals surface area (Å²) in [5.74, 6) is -3.08. The molecule has 1 aliphatic heterocycles. The van der Waals surface area contributed by atoms with Crippen molar-refractivity contribution in [3.63, 3.8) is 0 Å². The first-order valence-corrected chi connectivity index (χ1v) is 11.0. The Morgan fingerprint density at radius 1 is 1.12 bits per heavy atom. The predicted octanol–water partition coefficient (Wildman–Crippen LogP) is 5.11. The molecule has 174 valence electrons. The number of pyridine rings is 3. The summed E-state index contributed by atoms with van der Waals surface area (Å²) in [5.41, 5.74) is 1.47. The maximum Gasteiger partial charge on any atom is 0.249 e. The fraction of sp³-hybridized carbons (Fsp3) is 0.280. The normalized spacial score (nSPS) is 16.1. The summed E-state index contributed by atoms with van der Waals surface area (Å²) in [5, 5.41) is 0.688. The van der Waals surface area contributed by atoms with Crippen molar-refractivity contribution in [2.45, 2.75) is 32.1 Å². The largest absolute Gasteiger partial charge is 0.356 e. The minimum Gasteiger partial charge on any atom is -0.356 e. The van der Waals surface area contributed by atoms with E-state index in [-0.39, 0.29) is 42.7 Å². The zero-order chi connectivity index (χ0) is 24.0. The number of alkyl halides is 2. The monoisotopic (exact) mass is 466 g/mol. The average Bonchev–Trinajstić information content (AvgIpc) is 2.98. The number of halogens is 3. The Labute approximate surface area is 192 Å². The molecule has 34 heavy (non-hydrogen) atoms. The van der Waals surface area contributed by atoms with Gasteiger partial charge in [0.2, 0.25) is 5.92 Å². The molecular formula is C25H21F3N4O2. The number of benzene rings is 1. The molecule has 9 heteroatoms. The average molecular weight is 466 g/mol. The maximum absolute atomic E-state index is 14.0. The first-order valence-electron chi connectivity index (χ1n) is 11.0. The van der Waals surface area contributed by atoms with Gasteiger partial charge in [0, 0.05) is 56.1 Å². The highest BCUT2D eigenvalue weighted by atomic mass is 19.3. The van der Waals surface area contributed by atoms with E-state index in [1.165, 1.54) is 37.4 Å². The van der Waals surface area contributed by atoms with Crippen LogP contribution in [0.2, 0.25) is 0 Å². The number of H-pyrrole nitrogens is 1. The second-order valence-electron chi connectivity index (χ2n) is 8.58. The van der Waals surface area contributed by atoms with Gasteiger partial charge in [-0.15, -0.1) is 0 Å². The van der Waals surface area contributed by atoms with E-state index in [2.05, 4.69) is 15.0 Å². The summed E-state index contributed by atoms with van der Waals surface area (Å²) in [4.78, 5) is 38.7. The molecule has 1 fully saturated rings. The van der Waals surface area contributed by atoms with Crippen LogP contribution in [-0.4, -0.2) is 39.7 Å². The molecule has 0 unspecified atom stereocenters. The van der Waals surface area contributed by atoms with Gasteiger partial charge in [-0.1, -0.05) is 0 Å². The van der Waals surface area contributed by atoms with Gasteiger partial charge < -0.3 is 9.88 Å². The lowest BCUT2D eigenvalue weighted by atomic mass is 10.0. The number of rotatable bonds is 3. The second kappa shape index (κ2) is 8.23. The molecule has 5 rings (SSSR count). The third-order valence-corrected chi connectivity index (χ3v) is 6.14. The maximum atomic E-state index is 14.0. The molecule has 0 atom stereocenters. The van der Waals surface area contributed by atoms with Gasteiger partial charge in [0.15, 0.2) is 11.2 Å². The highest BCUT2D eigenvalue weighted by Gasteiger charge is 2.33. The van der Waals surface area contributed by atoms with E-state index >= 15 is 0 Å². The topological polar surface area (TPSA) is 79.0 Å². The van der Waals surface area contributed by atoms with Gasteiger partial charge in [-0.3, -0.25) is 14.6 Å². The molecule has 3 aromatic heterocycles. The molecule has 4 aromatic rings. The minimum atomic E-state index is -2.75. The van der Waals surface area contributed by atoms with Crippen LogP contribution in [0, 0.1) is 5.82 Å². The van der Waals surface area contributed by atoms with E-state index in [1.54, 1.807) is 17.0 Å². The summed E-state index contributed by atoms with van der Waals surface area (Å²) in [6.45, 7) is 1.80. The molecular weight excluding hydrogens is 445 g/mol. The number of carbonyl (C=O) groups is 1. The molecule has 0 radical (unpaired) electrons. The van der Waals surface area contributed by atoms with Crippen LogP contribution in [0.3, 0.4) is 0 Å². The van der Waals surface area contributed by atoms with Crippen LogP contribution in [0.1, 0.15) is 36.7 Å². The number of Topliss-reactive ketones (excluding diaryl/α,β-unsaturated/α-hetero) is 1. The smallest absolute Gasteiger partial charge is 0.249 e. The lowest BCUT2D eigenvalue weighted by Crippen LogP contribution is -2.27. The number of anilines is 1. The van der Waals surface area contributed by atoms with Gasteiger partial charge in [-0.25, -0.2) is 18.2 Å². The molecule has 0 amide bonds. The fourth-order valence-electron chi connectivity index (χ4n) is 4.46. The van der Waals surface area contributed by atoms with Crippen LogP contribution in [0.4, 0.5) is 19.0 Å².